The normalized spacial score (nSPS) is 20.6. The summed E-state index contributed by atoms with van der Waals surface area (Å²) in [6.07, 6.45) is -1.06. The Morgan fingerprint density at radius 1 is 1.36 bits per heavy atom. The average molecular weight is 211 g/mol. The van der Waals surface area contributed by atoms with Crippen molar-refractivity contribution in [1.29, 1.82) is 0 Å². The van der Waals surface area contributed by atoms with Crippen LogP contribution in [0.15, 0.2) is 0 Å². The lowest BCUT2D eigenvalue weighted by atomic mass is 9.77. The molecule has 0 aromatic heterocycles. The zero-order valence-electron chi connectivity index (χ0n) is 8.28. The van der Waals surface area contributed by atoms with Crippen LogP contribution in [0.4, 0.5) is 13.2 Å². The maximum atomic E-state index is 11.9. The van der Waals surface area contributed by atoms with Crippen LogP contribution in [-0.4, -0.2) is 32.0 Å². The highest BCUT2D eigenvalue weighted by atomic mass is 19.4. The predicted molar refractivity (Wildman–Crippen MR) is 47.1 cm³/mol. The lowest BCUT2D eigenvalue weighted by Crippen LogP contribution is -2.44. The molecular weight excluding hydrogens is 195 g/mol. The maximum Gasteiger partial charge on any atom is 0.411 e. The molecule has 0 bridgehead atoms. The summed E-state index contributed by atoms with van der Waals surface area (Å²) < 4.78 is 40.8. The molecule has 1 aliphatic rings. The van der Waals surface area contributed by atoms with Gasteiger partial charge in [-0.1, -0.05) is 0 Å². The highest BCUT2D eigenvalue weighted by molar-refractivity contribution is 4.90. The summed E-state index contributed by atoms with van der Waals surface area (Å²) in [5.74, 6) is 0. The first-order chi connectivity index (χ1) is 6.47. The maximum absolute atomic E-state index is 11.9. The summed E-state index contributed by atoms with van der Waals surface area (Å²) in [4.78, 5) is 0. The second-order valence-electron chi connectivity index (χ2n) is 3.79. The van der Waals surface area contributed by atoms with Gasteiger partial charge in [-0.25, -0.2) is 0 Å². The molecule has 0 atom stereocenters. The number of hydrogen-bond acceptors (Lipinski definition) is 2. The summed E-state index contributed by atoms with van der Waals surface area (Å²) in [6.45, 7) is -0.408. The van der Waals surface area contributed by atoms with E-state index in [1.54, 1.807) is 7.05 Å². The largest absolute Gasteiger partial charge is 0.411 e. The van der Waals surface area contributed by atoms with E-state index in [-0.39, 0.29) is 0 Å². The summed E-state index contributed by atoms with van der Waals surface area (Å²) in [5, 5.41) is 2.93. The van der Waals surface area contributed by atoms with E-state index in [0.717, 1.165) is 19.3 Å². The van der Waals surface area contributed by atoms with E-state index < -0.39 is 18.4 Å². The third-order valence-electron chi connectivity index (χ3n) is 2.64. The summed E-state index contributed by atoms with van der Waals surface area (Å²) >= 11 is 0. The van der Waals surface area contributed by atoms with Crippen molar-refractivity contribution >= 4 is 0 Å². The fourth-order valence-corrected chi connectivity index (χ4v) is 1.63. The molecule has 0 aromatic rings. The standard InChI is InChI=1S/C9H16F3NO/c1-13-6-5-8(3-2-4-8)14-7-9(10,11)12/h13H,2-7H2,1H3. The van der Waals surface area contributed by atoms with E-state index in [4.69, 9.17) is 4.74 Å². The zero-order chi connectivity index (χ0) is 10.7. The Labute approximate surface area is 81.8 Å². The SMILES string of the molecule is CNCCC1(OCC(F)(F)F)CCC1. The monoisotopic (exact) mass is 211 g/mol. The average Bonchev–Trinajstić information content (AvgIpc) is 2.00. The third-order valence-corrected chi connectivity index (χ3v) is 2.64. The van der Waals surface area contributed by atoms with Crippen LogP contribution in [0.5, 0.6) is 0 Å². The second kappa shape index (κ2) is 4.49. The molecule has 0 heterocycles. The zero-order valence-corrected chi connectivity index (χ0v) is 8.28. The van der Waals surface area contributed by atoms with Gasteiger partial charge in [-0.2, -0.15) is 13.2 Å². The number of hydrogen-bond donors (Lipinski definition) is 1. The van der Waals surface area contributed by atoms with Crippen LogP contribution in [0.2, 0.25) is 0 Å². The van der Waals surface area contributed by atoms with E-state index >= 15 is 0 Å². The Morgan fingerprint density at radius 3 is 2.36 bits per heavy atom. The molecule has 1 aliphatic carbocycles. The van der Waals surface area contributed by atoms with E-state index in [1.807, 2.05) is 0 Å². The Hall–Kier alpha value is -0.290. The van der Waals surface area contributed by atoms with Gasteiger partial charge in [0, 0.05) is 0 Å². The summed E-state index contributed by atoms with van der Waals surface area (Å²) in [5.41, 5.74) is -0.501. The molecule has 5 heteroatoms. The first-order valence-corrected chi connectivity index (χ1v) is 4.83. The van der Waals surface area contributed by atoms with Gasteiger partial charge in [-0.15, -0.1) is 0 Å². The topological polar surface area (TPSA) is 21.3 Å². The van der Waals surface area contributed by atoms with Gasteiger partial charge in [0.1, 0.15) is 6.61 Å². The first-order valence-electron chi connectivity index (χ1n) is 4.83. The molecule has 1 fully saturated rings. The van der Waals surface area contributed by atoms with Crippen molar-refractivity contribution in [3.63, 3.8) is 0 Å². The molecule has 1 rings (SSSR count). The molecule has 2 nitrogen and oxygen atoms in total. The smallest absolute Gasteiger partial charge is 0.366 e. The number of alkyl halides is 3. The number of nitrogens with one attached hydrogen (secondary N) is 1. The molecule has 1 saturated carbocycles. The molecule has 0 radical (unpaired) electrons. The Bertz CT molecular complexity index is 177. The highest BCUT2D eigenvalue weighted by Crippen LogP contribution is 2.39. The number of rotatable bonds is 5. The molecule has 0 aromatic carbocycles. The van der Waals surface area contributed by atoms with Crippen molar-refractivity contribution in [2.24, 2.45) is 0 Å². The van der Waals surface area contributed by atoms with Gasteiger partial charge < -0.3 is 10.1 Å². The number of ether oxygens (including phenoxy) is 1. The molecule has 84 valence electrons. The molecule has 14 heavy (non-hydrogen) atoms. The third kappa shape index (κ3) is 3.46. The number of halogens is 3. The van der Waals surface area contributed by atoms with Gasteiger partial charge in [0.05, 0.1) is 5.60 Å². The minimum atomic E-state index is -4.21. The molecular formula is C9H16F3NO. The van der Waals surface area contributed by atoms with Crippen LogP contribution in [0, 0.1) is 0 Å². The van der Waals surface area contributed by atoms with Gasteiger partial charge >= 0.3 is 6.18 Å². The van der Waals surface area contributed by atoms with E-state index in [2.05, 4.69) is 5.32 Å². The van der Waals surface area contributed by atoms with Crippen LogP contribution in [-0.2, 0) is 4.74 Å². The van der Waals surface area contributed by atoms with Gasteiger partial charge in [0.15, 0.2) is 0 Å². The lowest BCUT2D eigenvalue weighted by Gasteiger charge is -2.42. The van der Waals surface area contributed by atoms with Crippen molar-refractivity contribution in [3.05, 3.63) is 0 Å². The van der Waals surface area contributed by atoms with E-state index in [1.165, 1.54) is 0 Å². The Kier molecular flexibility index (Phi) is 3.78. The molecule has 0 aliphatic heterocycles. The predicted octanol–water partition coefficient (Wildman–Crippen LogP) is 2.10. The highest BCUT2D eigenvalue weighted by Gasteiger charge is 2.41. The molecule has 0 saturated heterocycles. The van der Waals surface area contributed by atoms with Crippen LogP contribution < -0.4 is 5.32 Å². The van der Waals surface area contributed by atoms with Gasteiger partial charge in [-0.05, 0) is 39.3 Å². The van der Waals surface area contributed by atoms with Crippen molar-refractivity contribution in [2.45, 2.75) is 37.5 Å². The summed E-state index contributed by atoms with van der Waals surface area (Å²) in [7, 11) is 1.79. The van der Waals surface area contributed by atoms with Crippen LogP contribution in [0.1, 0.15) is 25.7 Å². The van der Waals surface area contributed by atoms with Crippen molar-refractivity contribution in [1.82, 2.24) is 5.32 Å². The summed E-state index contributed by atoms with van der Waals surface area (Å²) in [6, 6.07) is 0. The van der Waals surface area contributed by atoms with Crippen LogP contribution in [0.3, 0.4) is 0 Å². The van der Waals surface area contributed by atoms with E-state index in [0.29, 0.717) is 13.0 Å². The Morgan fingerprint density at radius 2 is 2.00 bits per heavy atom. The molecule has 0 unspecified atom stereocenters. The first kappa shape index (κ1) is 11.8. The minimum absolute atomic E-state index is 0.501. The van der Waals surface area contributed by atoms with Gasteiger partial charge in [0.2, 0.25) is 0 Å². The van der Waals surface area contributed by atoms with Crippen molar-refractivity contribution < 1.29 is 17.9 Å². The van der Waals surface area contributed by atoms with Crippen LogP contribution in [0.25, 0.3) is 0 Å². The van der Waals surface area contributed by atoms with Crippen molar-refractivity contribution in [3.8, 4) is 0 Å². The Balaban J connectivity index is 2.30. The van der Waals surface area contributed by atoms with Gasteiger partial charge in [0.25, 0.3) is 0 Å². The van der Waals surface area contributed by atoms with Crippen LogP contribution >= 0.6 is 0 Å². The second-order valence-corrected chi connectivity index (χ2v) is 3.79. The molecule has 1 N–H and O–H groups in total. The van der Waals surface area contributed by atoms with Gasteiger partial charge in [-0.3, -0.25) is 0 Å². The fraction of sp³-hybridized carbons (Fsp3) is 1.00. The quantitative estimate of drug-likeness (QED) is 0.751. The molecule has 0 spiro atoms. The van der Waals surface area contributed by atoms with E-state index in [9.17, 15) is 13.2 Å². The lowest BCUT2D eigenvalue weighted by molar-refractivity contribution is -0.221. The van der Waals surface area contributed by atoms with Crippen molar-refractivity contribution in [2.75, 3.05) is 20.2 Å². The minimum Gasteiger partial charge on any atom is -0.366 e. The fourth-order valence-electron chi connectivity index (χ4n) is 1.63. The molecule has 0 amide bonds.